The Labute approximate surface area is 173 Å². The highest BCUT2D eigenvalue weighted by Gasteiger charge is 2.35. The van der Waals surface area contributed by atoms with Gasteiger partial charge < -0.3 is 19.4 Å². The molecule has 3 rings (SSSR count). The zero-order chi connectivity index (χ0) is 20.8. The summed E-state index contributed by atoms with van der Waals surface area (Å²) in [5.74, 6) is -0.0131. The first-order chi connectivity index (χ1) is 14.0. The summed E-state index contributed by atoms with van der Waals surface area (Å²) >= 11 is 0. The van der Waals surface area contributed by atoms with Gasteiger partial charge in [-0.1, -0.05) is 0 Å². The molecule has 29 heavy (non-hydrogen) atoms. The number of hydrogen-bond donors (Lipinski definition) is 0. The minimum atomic E-state index is -0.0131. The van der Waals surface area contributed by atoms with Crippen LogP contribution >= 0.6 is 0 Å². The number of amides is 3. The van der Waals surface area contributed by atoms with Crippen molar-refractivity contribution in [3.8, 4) is 0 Å². The Balaban J connectivity index is 1.63. The Bertz CT molecular complexity index is 678. The van der Waals surface area contributed by atoms with Gasteiger partial charge in [-0.25, -0.2) is 4.79 Å². The monoisotopic (exact) mass is 403 g/mol. The third-order valence-electron chi connectivity index (χ3n) is 5.89. The Morgan fingerprint density at radius 3 is 2.55 bits per heavy atom. The number of rotatable bonds is 6. The van der Waals surface area contributed by atoms with E-state index in [9.17, 15) is 9.59 Å². The van der Waals surface area contributed by atoms with Crippen molar-refractivity contribution in [2.45, 2.75) is 31.3 Å². The third kappa shape index (κ3) is 5.45. The Morgan fingerprint density at radius 1 is 1.14 bits per heavy atom. The average Bonchev–Trinajstić information content (AvgIpc) is 3.23. The normalized spacial score (nSPS) is 20.1. The van der Waals surface area contributed by atoms with Crippen molar-refractivity contribution < 1.29 is 14.3 Å². The van der Waals surface area contributed by atoms with E-state index in [0.29, 0.717) is 24.2 Å². The highest BCUT2D eigenvalue weighted by atomic mass is 16.5. The molecule has 1 atom stereocenters. The number of hydrogen-bond acceptors (Lipinski definition) is 5. The minimum absolute atomic E-state index is 0.0131. The van der Waals surface area contributed by atoms with Crippen LogP contribution in [0.2, 0.25) is 0 Å². The minimum Gasteiger partial charge on any atom is -0.381 e. The first kappa shape index (κ1) is 21.5. The number of ether oxygens (including phenoxy) is 1. The molecule has 2 fully saturated rings. The van der Waals surface area contributed by atoms with Crippen LogP contribution < -0.4 is 0 Å². The van der Waals surface area contributed by atoms with Gasteiger partial charge in [-0.2, -0.15) is 0 Å². The van der Waals surface area contributed by atoms with Crippen molar-refractivity contribution in [1.29, 1.82) is 0 Å². The highest BCUT2D eigenvalue weighted by Crippen LogP contribution is 2.23. The van der Waals surface area contributed by atoms with Gasteiger partial charge in [-0.15, -0.1) is 0 Å². The molecule has 8 nitrogen and oxygen atoms in total. The van der Waals surface area contributed by atoms with E-state index < -0.39 is 0 Å². The summed E-state index contributed by atoms with van der Waals surface area (Å²) in [4.78, 5) is 36.9. The summed E-state index contributed by atoms with van der Waals surface area (Å²) < 4.78 is 5.56. The SMILES string of the molecule is CN(C)C(=O)N1CCC(N(CCN(C)C(=O)c2cccnc2)C2CCOCC2)C1. The largest absolute Gasteiger partial charge is 0.381 e. The molecule has 2 aliphatic heterocycles. The van der Waals surface area contributed by atoms with Crippen LogP contribution in [0.3, 0.4) is 0 Å². The van der Waals surface area contributed by atoms with Gasteiger partial charge in [0.25, 0.3) is 5.91 Å². The molecule has 0 N–H and O–H groups in total. The summed E-state index contributed by atoms with van der Waals surface area (Å²) in [6.45, 7) is 4.52. The highest BCUT2D eigenvalue weighted by molar-refractivity contribution is 5.93. The Morgan fingerprint density at radius 2 is 1.90 bits per heavy atom. The van der Waals surface area contributed by atoms with E-state index in [-0.39, 0.29) is 11.9 Å². The molecule has 0 saturated carbocycles. The molecule has 0 aliphatic carbocycles. The van der Waals surface area contributed by atoms with Gasteiger partial charge in [0.1, 0.15) is 0 Å². The maximum absolute atomic E-state index is 12.7. The van der Waals surface area contributed by atoms with Crippen molar-refractivity contribution in [3.05, 3.63) is 30.1 Å². The van der Waals surface area contributed by atoms with Gasteiger partial charge in [-0.3, -0.25) is 14.7 Å². The van der Waals surface area contributed by atoms with Crippen molar-refractivity contribution >= 4 is 11.9 Å². The van der Waals surface area contributed by atoms with Crippen molar-refractivity contribution in [3.63, 3.8) is 0 Å². The number of aromatic nitrogens is 1. The maximum atomic E-state index is 12.7. The van der Waals surface area contributed by atoms with Gasteiger partial charge in [-0.05, 0) is 31.4 Å². The van der Waals surface area contributed by atoms with Gasteiger partial charge >= 0.3 is 6.03 Å². The molecular weight excluding hydrogens is 370 g/mol. The number of nitrogens with zero attached hydrogens (tertiary/aromatic N) is 5. The molecule has 1 aromatic heterocycles. The van der Waals surface area contributed by atoms with Gasteiger partial charge in [0.2, 0.25) is 0 Å². The first-order valence-corrected chi connectivity index (χ1v) is 10.4. The number of likely N-dealkylation sites (tertiary alicyclic amines) is 1. The molecule has 3 heterocycles. The predicted octanol–water partition coefficient (Wildman–Crippen LogP) is 1.39. The number of pyridine rings is 1. The van der Waals surface area contributed by atoms with Crippen LogP contribution in [-0.2, 0) is 4.74 Å². The van der Waals surface area contributed by atoms with Crippen LogP contribution in [0.15, 0.2) is 24.5 Å². The molecule has 1 unspecified atom stereocenters. The lowest BCUT2D eigenvalue weighted by atomic mass is 10.0. The second kappa shape index (κ2) is 10.0. The van der Waals surface area contributed by atoms with Crippen LogP contribution in [0.4, 0.5) is 4.79 Å². The molecule has 0 bridgehead atoms. The van der Waals surface area contributed by atoms with E-state index in [2.05, 4.69) is 9.88 Å². The summed E-state index contributed by atoms with van der Waals surface area (Å²) in [6.07, 6.45) is 6.25. The maximum Gasteiger partial charge on any atom is 0.319 e. The van der Waals surface area contributed by atoms with Crippen LogP contribution in [0.25, 0.3) is 0 Å². The molecule has 8 heteroatoms. The van der Waals surface area contributed by atoms with Crippen molar-refractivity contribution in [2.24, 2.45) is 0 Å². The summed E-state index contributed by atoms with van der Waals surface area (Å²) in [6, 6.07) is 4.41. The molecule has 2 saturated heterocycles. The van der Waals surface area contributed by atoms with Gasteiger partial charge in [0.15, 0.2) is 0 Å². The predicted molar refractivity (Wildman–Crippen MR) is 111 cm³/mol. The van der Waals surface area contributed by atoms with Crippen molar-refractivity contribution in [1.82, 2.24) is 24.6 Å². The van der Waals surface area contributed by atoms with Gasteiger partial charge in [0, 0.05) is 85.0 Å². The van der Waals surface area contributed by atoms with Crippen LogP contribution in [0, 0.1) is 0 Å². The average molecular weight is 404 g/mol. The zero-order valence-electron chi connectivity index (χ0n) is 17.8. The Hall–Kier alpha value is -2.19. The van der Waals surface area contributed by atoms with Crippen molar-refractivity contribution in [2.75, 3.05) is 60.5 Å². The van der Waals surface area contributed by atoms with E-state index in [1.165, 1.54) is 0 Å². The second-order valence-electron chi connectivity index (χ2n) is 8.12. The fraction of sp³-hybridized carbons (Fsp3) is 0.667. The lowest BCUT2D eigenvalue weighted by Crippen LogP contribution is -2.50. The number of likely N-dealkylation sites (N-methyl/N-ethyl adjacent to an activating group) is 1. The first-order valence-electron chi connectivity index (χ1n) is 10.4. The zero-order valence-corrected chi connectivity index (χ0v) is 17.8. The molecule has 0 radical (unpaired) electrons. The fourth-order valence-corrected chi connectivity index (χ4v) is 4.23. The smallest absolute Gasteiger partial charge is 0.319 e. The van der Waals surface area contributed by atoms with E-state index in [0.717, 1.165) is 52.1 Å². The summed E-state index contributed by atoms with van der Waals surface area (Å²) in [7, 11) is 5.43. The number of urea groups is 1. The second-order valence-corrected chi connectivity index (χ2v) is 8.12. The summed E-state index contributed by atoms with van der Waals surface area (Å²) in [5, 5.41) is 0. The quantitative estimate of drug-likeness (QED) is 0.718. The molecule has 160 valence electrons. The number of carbonyl (C=O) groups excluding carboxylic acids is 2. The molecular formula is C21H33N5O3. The topological polar surface area (TPSA) is 69.2 Å². The molecule has 3 amide bonds. The lowest BCUT2D eigenvalue weighted by Gasteiger charge is -2.39. The van der Waals surface area contributed by atoms with Gasteiger partial charge in [0.05, 0.1) is 5.56 Å². The van der Waals surface area contributed by atoms with Crippen LogP contribution in [-0.4, -0.2) is 109 Å². The van der Waals surface area contributed by atoms with E-state index in [1.807, 2.05) is 11.9 Å². The Kier molecular flexibility index (Phi) is 7.44. The van der Waals surface area contributed by atoms with E-state index in [4.69, 9.17) is 4.74 Å². The number of carbonyl (C=O) groups is 2. The fourth-order valence-electron chi connectivity index (χ4n) is 4.23. The molecule has 0 aromatic carbocycles. The summed E-state index contributed by atoms with van der Waals surface area (Å²) in [5.41, 5.74) is 0.608. The van der Waals surface area contributed by atoms with E-state index in [1.54, 1.807) is 48.4 Å². The van der Waals surface area contributed by atoms with Crippen LogP contribution in [0.1, 0.15) is 29.6 Å². The molecule has 1 aromatic rings. The lowest BCUT2D eigenvalue weighted by molar-refractivity contribution is 0.0151. The van der Waals surface area contributed by atoms with E-state index >= 15 is 0 Å². The molecule has 2 aliphatic rings. The standard InChI is InChI=1S/C21H33N5O3/c1-23(2)21(28)25-10-6-19(16-25)26(18-7-13-29-14-8-18)12-11-24(3)20(27)17-5-4-9-22-15-17/h4-5,9,15,18-19H,6-8,10-14,16H2,1-3H3. The molecule has 0 spiro atoms. The third-order valence-corrected chi connectivity index (χ3v) is 5.89. The van der Waals surface area contributed by atoms with Crippen LogP contribution in [0.5, 0.6) is 0 Å².